The molecule has 0 saturated carbocycles. The largest absolute Gasteiger partial charge is 0.597 e. The van der Waals surface area contributed by atoms with Crippen molar-refractivity contribution >= 4 is 12.1 Å². The lowest BCUT2D eigenvalue weighted by Gasteiger charge is -2.05. The van der Waals surface area contributed by atoms with Gasteiger partial charge in [-0.1, -0.05) is 35.2 Å². The van der Waals surface area contributed by atoms with Crippen LogP contribution in [0.1, 0.15) is 11.1 Å². The number of hydrazone groups is 1. The molecule has 0 fully saturated rings. The number of hydrogen-bond acceptors (Lipinski definition) is 5. The van der Waals surface area contributed by atoms with Gasteiger partial charge in [-0.2, -0.15) is 5.10 Å². The zero-order valence-electron chi connectivity index (χ0n) is 12.7. The predicted molar refractivity (Wildman–Crippen MR) is 85.7 cm³/mol. The van der Waals surface area contributed by atoms with Gasteiger partial charge in [0.25, 0.3) is 5.91 Å². The van der Waals surface area contributed by atoms with Crippen LogP contribution in [0.3, 0.4) is 0 Å². The molecule has 24 heavy (non-hydrogen) atoms. The van der Waals surface area contributed by atoms with Crippen molar-refractivity contribution in [2.75, 3.05) is 6.61 Å². The summed E-state index contributed by atoms with van der Waals surface area (Å²) >= 11 is 0. The van der Waals surface area contributed by atoms with Crippen LogP contribution in [0.15, 0.2) is 65.0 Å². The van der Waals surface area contributed by atoms with E-state index in [1.54, 1.807) is 24.3 Å². The quantitative estimate of drug-likeness (QED) is 0.351. The monoisotopic (exact) mass is 328 g/mol. The third kappa shape index (κ3) is 5.76. The van der Waals surface area contributed by atoms with Crippen LogP contribution in [0.25, 0.3) is 0 Å². The number of benzene rings is 2. The number of nitrogens with zero attached hydrogens (tertiary/aromatic N) is 3. The van der Waals surface area contributed by atoms with Gasteiger partial charge < -0.3 is 15.2 Å². The molecule has 2 aromatic carbocycles. The topological polar surface area (TPSA) is 109 Å². The van der Waals surface area contributed by atoms with E-state index < -0.39 is 5.91 Å². The first-order valence-electron chi connectivity index (χ1n) is 7.06. The Morgan fingerprint density at radius 2 is 1.92 bits per heavy atom. The maximum Gasteiger partial charge on any atom is 0.277 e. The molecule has 0 aliphatic carbocycles. The number of rotatable bonds is 7. The minimum Gasteiger partial charge on any atom is -0.597 e. The van der Waals surface area contributed by atoms with Gasteiger partial charge >= 0.3 is 0 Å². The first-order chi connectivity index (χ1) is 11.7. The lowest BCUT2D eigenvalue weighted by molar-refractivity contribution is -0.570. The van der Waals surface area contributed by atoms with E-state index in [0.29, 0.717) is 11.3 Å². The average molecular weight is 328 g/mol. The van der Waals surface area contributed by atoms with Crippen LogP contribution in [-0.2, 0) is 11.3 Å². The predicted octanol–water partition coefficient (Wildman–Crippen LogP) is 2.07. The van der Waals surface area contributed by atoms with E-state index in [4.69, 9.17) is 9.94 Å². The third-order valence-corrected chi connectivity index (χ3v) is 2.91. The minimum atomic E-state index is -0.393. The fourth-order valence-corrected chi connectivity index (χ4v) is 1.78. The first-order valence-corrected chi connectivity index (χ1v) is 7.06. The molecule has 0 atom stereocenters. The number of carbonyl (C=O) groups is 1. The van der Waals surface area contributed by atoms with Gasteiger partial charge in [-0.3, -0.25) is 4.79 Å². The van der Waals surface area contributed by atoms with Crippen molar-refractivity contribution in [1.82, 2.24) is 5.43 Å². The zero-order chi connectivity index (χ0) is 17.2. The molecule has 0 spiro atoms. The molecule has 0 heterocycles. The van der Waals surface area contributed by atoms with E-state index in [-0.39, 0.29) is 18.0 Å². The van der Waals surface area contributed by atoms with Gasteiger partial charge in [-0.05, 0) is 29.8 Å². The van der Waals surface area contributed by atoms with Crippen molar-refractivity contribution < 1.29 is 19.6 Å². The maximum absolute atomic E-state index is 11.6. The summed E-state index contributed by atoms with van der Waals surface area (Å²) in [4.78, 5) is 11.8. The Hall–Kier alpha value is -3.42. The Kier molecular flexibility index (Phi) is 6.27. The van der Waals surface area contributed by atoms with Crippen molar-refractivity contribution in [2.24, 2.45) is 10.4 Å². The van der Waals surface area contributed by atoms with Gasteiger partial charge in [0.05, 0.1) is 6.21 Å². The Bertz CT molecular complexity index is 715. The highest BCUT2D eigenvalue weighted by Crippen LogP contribution is 2.12. The number of hydrogen-bond donors (Lipinski definition) is 2. The summed E-state index contributed by atoms with van der Waals surface area (Å²) in [7, 11) is 0. The maximum atomic E-state index is 11.6. The van der Waals surface area contributed by atoms with Crippen LogP contribution in [0.5, 0.6) is 5.75 Å². The molecule has 0 aliphatic rings. The summed E-state index contributed by atoms with van der Waals surface area (Å²) in [6, 6.07) is 15.9. The summed E-state index contributed by atoms with van der Waals surface area (Å²) < 4.78 is 5.31. The number of ether oxygens (including phenoxy) is 1. The van der Waals surface area contributed by atoms with Crippen LogP contribution in [0.2, 0.25) is 0 Å². The highest BCUT2D eigenvalue weighted by molar-refractivity contribution is 5.82. The summed E-state index contributed by atoms with van der Waals surface area (Å²) in [5.74, 6) is 0.0791. The molecule has 8 heteroatoms. The van der Waals surface area contributed by atoms with Gasteiger partial charge in [-0.25, -0.2) is 5.43 Å². The molecule has 2 aromatic rings. The van der Waals surface area contributed by atoms with E-state index in [2.05, 4.69) is 15.8 Å². The number of carbonyl (C=O) groups excluding carboxylic acids is 1. The molecule has 124 valence electrons. The summed E-state index contributed by atoms with van der Waals surface area (Å²) in [5.41, 5.74) is 3.88. The second-order valence-electron chi connectivity index (χ2n) is 4.74. The van der Waals surface area contributed by atoms with Crippen LogP contribution < -0.4 is 10.2 Å². The molecule has 0 radical (unpaired) electrons. The van der Waals surface area contributed by atoms with Gasteiger partial charge in [0.1, 0.15) is 5.75 Å². The molecular formula is C16H16N4O4. The molecule has 8 nitrogen and oxygen atoms in total. The standard InChI is InChI=1S/C16H16N4O4/c21-16(18-17-10-13-4-2-1-3-5-13)12-24-15-8-6-14(7-9-15)11-20(23)19-22/h1-10,22H,11-12H2,(H,18,21)/b17-10+,20-19-. The average Bonchev–Trinajstić information content (AvgIpc) is 2.62. The van der Waals surface area contributed by atoms with E-state index in [9.17, 15) is 10.0 Å². The van der Waals surface area contributed by atoms with Gasteiger partial charge in [-0.15, -0.1) is 0 Å². The highest BCUT2D eigenvalue weighted by Gasteiger charge is 2.03. The molecular weight excluding hydrogens is 312 g/mol. The molecule has 2 rings (SSSR count). The smallest absolute Gasteiger partial charge is 0.277 e. The zero-order valence-corrected chi connectivity index (χ0v) is 12.7. The van der Waals surface area contributed by atoms with Crippen molar-refractivity contribution in [3.05, 3.63) is 70.9 Å². The van der Waals surface area contributed by atoms with Crippen LogP contribution in [-0.4, -0.2) is 28.8 Å². The molecule has 1 amide bonds. The van der Waals surface area contributed by atoms with Crippen molar-refractivity contribution in [3.63, 3.8) is 0 Å². The van der Waals surface area contributed by atoms with Crippen LogP contribution >= 0.6 is 0 Å². The Labute approximate surface area is 138 Å². The second-order valence-corrected chi connectivity index (χ2v) is 4.74. The fourth-order valence-electron chi connectivity index (χ4n) is 1.78. The van der Waals surface area contributed by atoms with Crippen molar-refractivity contribution in [3.8, 4) is 5.75 Å². The molecule has 0 bridgehead atoms. The SMILES string of the molecule is O=C(COc1ccc(C/[N+]([O-])=N/O)cc1)N/N=C/c1ccccc1. The lowest BCUT2D eigenvalue weighted by atomic mass is 10.2. The summed E-state index contributed by atoms with van der Waals surface area (Å²) in [6.07, 6.45) is 1.54. The van der Waals surface area contributed by atoms with Crippen molar-refractivity contribution in [2.45, 2.75) is 6.54 Å². The van der Waals surface area contributed by atoms with E-state index in [0.717, 1.165) is 5.56 Å². The van der Waals surface area contributed by atoms with E-state index in [1.165, 1.54) is 6.21 Å². The highest BCUT2D eigenvalue weighted by atomic mass is 16.6. The van der Waals surface area contributed by atoms with Crippen LogP contribution in [0.4, 0.5) is 0 Å². The Balaban J connectivity index is 1.76. The van der Waals surface area contributed by atoms with Crippen molar-refractivity contribution in [1.29, 1.82) is 0 Å². The summed E-state index contributed by atoms with van der Waals surface area (Å²) in [5, 5.41) is 25.5. The van der Waals surface area contributed by atoms with Crippen LogP contribution in [0, 0.1) is 5.21 Å². The molecule has 0 aliphatic heterocycles. The lowest BCUT2D eigenvalue weighted by Crippen LogP contribution is -2.24. The Morgan fingerprint density at radius 1 is 1.21 bits per heavy atom. The second kappa shape index (κ2) is 8.89. The molecule has 0 aromatic heterocycles. The number of amides is 1. The van der Waals surface area contributed by atoms with Gasteiger partial charge in [0.2, 0.25) is 6.54 Å². The molecule has 0 unspecified atom stereocenters. The molecule has 0 saturated heterocycles. The number of hydroxylamine groups is 1. The first kappa shape index (κ1) is 16.9. The van der Waals surface area contributed by atoms with E-state index >= 15 is 0 Å². The van der Waals surface area contributed by atoms with E-state index in [1.807, 2.05) is 30.3 Å². The minimum absolute atomic E-state index is 0.0779. The summed E-state index contributed by atoms with van der Waals surface area (Å²) in [6.45, 7) is -0.267. The Morgan fingerprint density at radius 3 is 2.58 bits per heavy atom. The van der Waals surface area contributed by atoms with Gasteiger partial charge in [0.15, 0.2) is 11.9 Å². The number of nitrogens with one attached hydrogen (secondary N) is 1. The third-order valence-electron chi connectivity index (χ3n) is 2.91. The van der Waals surface area contributed by atoms with Gasteiger partial charge in [0, 0.05) is 5.56 Å². The fraction of sp³-hybridized carbons (Fsp3) is 0.125. The normalized spacial score (nSPS) is 11.4. The molecule has 2 N–H and O–H groups in total.